The predicted molar refractivity (Wildman–Crippen MR) is 108 cm³/mol. The molecule has 28 heavy (non-hydrogen) atoms. The molecular formula is C21H13ClN2O4. The molecule has 6 nitrogen and oxygen atoms in total. The smallest absolute Gasteiger partial charge is 0.335 e. The van der Waals surface area contributed by atoms with Gasteiger partial charge in [0.05, 0.1) is 5.69 Å². The van der Waals surface area contributed by atoms with E-state index in [-0.39, 0.29) is 22.6 Å². The minimum Gasteiger partial charge on any atom is -0.494 e. The fourth-order valence-electron chi connectivity index (χ4n) is 3.09. The zero-order valence-electron chi connectivity index (χ0n) is 14.3. The molecule has 4 rings (SSSR count). The summed E-state index contributed by atoms with van der Waals surface area (Å²) in [5.74, 6) is -0.888. The van der Waals surface area contributed by atoms with Crippen LogP contribution in [0.25, 0.3) is 23.4 Å². The molecule has 1 aromatic heterocycles. The molecule has 0 radical (unpaired) electrons. The summed E-state index contributed by atoms with van der Waals surface area (Å²) in [5, 5.41) is 11.0. The van der Waals surface area contributed by atoms with E-state index in [1.165, 1.54) is 18.2 Å². The highest BCUT2D eigenvalue weighted by Gasteiger charge is 2.20. The first-order valence-corrected chi connectivity index (χ1v) is 8.71. The molecule has 138 valence electrons. The van der Waals surface area contributed by atoms with E-state index in [9.17, 15) is 19.5 Å². The first-order valence-electron chi connectivity index (χ1n) is 8.33. The van der Waals surface area contributed by atoms with E-state index in [4.69, 9.17) is 11.6 Å². The standard InChI is InChI=1S/C21H13ClN2O4/c22-13-5-3-6-14(10-13)24-20(27)17(19(26)23-21(24)28)11-16-15-7-2-1-4-12(15)8-9-18(16)25/h1-11,27H,(H,23,26,28). The van der Waals surface area contributed by atoms with Crippen molar-refractivity contribution in [3.63, 3.8) is 0 Å². The third-order valence-corrected chi connectivity index (χ3v) is 4.64. The number of fused-ring (bicyclic) bond motifs is 1. The number of rotatable bonds is 2. The van der Waals surface area contributed by atoms with Crippen LogP contribution in [-0.2, 0) is 4.79 Å². The molecule has 0 atom stereocenters. The first-order chi connectivity index (χ1) is 13.5. The highest BCUT2D eigenvalue weighted by molar-refractivity contribution is 6.33. The predicted octanol–water partition coefficient (Wildman–Crippen LogP) is 3.02. The number of allylic oxidation sites excluding steroid dienone is 2. The number of benzene rings is 2. The van der Waals surface area contributed by atoms with E-state index in [2.05, 4.69) is 4.98 Å². The van der Waals surface area contributed by atoms with Crippen LogP contribution in [0.5, 0.6) is 5.88 Å². The molecule has 0 saturated heterocycles. The molecule has 0 fully saturated rings. The fraction of sp³-hybridized carbons (Fsp3) is 0. The van der Waals surface area contributed by atoms with Crippen LogP contribution in [0.1, 0.15) is 16.7 Å². The van der Waals surface area contributed by atoms with Crippen molar-refractivity contribution in [2.75, 3.05) is 0 Å². The number of nitrogens with one attached hydrogen (secondary N) is 1. The van der Waals surface area contributed by atoms with Crippen LogP contribution < -0.4 is 11.2 Å². The van der Waals surface area contributed by atoms with Crippen LogP contribution in [-0.4, -0.2) is 20.4 Å². The monoisotopic (exact) mass is 392 g/mol. The largest absolute Gasteiger partial charge is 0.494 e. The van der Waals surface area contributed by atoms with E-state index in [0.29, 0.717) is 10.6 Å². The van der Waals surface area contributed by atoms with Gasteiger partial charge in [-0.1, -0.05) is 48.0 Å². The Bertz CT molecular complexity index is 1300. The first kappa shape index (κ1) is 17.8. The van der Waals surface area contributed by atoms with Crippen molar-refractivity contribution in [3.05, 3.63) is 97.2 Å². The fourth-order valence-corrected chi connectivity index (χ4v) is 3.28. The molecule has 1 aliphatic rings. The topological polar surface area (TPSA) is 92.2 Å². The van der Waals surface area contributed by atoms with Crippen molar-refractivity contribution in [1.82, 2.24) is 9.55 Å². The summed E-state index contributed by atoms with van der Waals surface area (Å²) in [6, 6.07) is 13.5. The van der Waals surface area contributed by atoms with E-state index in [0.717, 1.165) is 10.1 Å². The minimum atomic E-state index is -0.817. The van der Waals surface area contributed by atoms with Gasteiger partial charge in [0.1, 0.15) is 5.56 Å². The second kappa shape index (κ2) is 6.83. The minimum absolute atomic E-state index is 0.201. The van der Waals surface area contributed by atoms with Crippen molar-refractivity contribution in [3.8, 4) is 11.6 Å². The summed E-state index contributed by atoms with van der Waals surface area (Å²) < 4.78 is 0.925. The van der Waals surface area contributed by atoms with E-state index < -0.39 is 17.1 Å². The average Bonchev–Trinajstić information content (AvgIpc) is 2.66. The van der Waals surface area contributed by atoms with E-state index >= 15 is 0 Å². The van der Waals surface area contributed by atoms with Crippen LogP contribution in [0.15, 0.2) is 64.2 Å². The molecule has 3 aromatic rings. The average molecular weight is 393 g/mol. The van der Waals surface area contributed by atoms with Gasteiger partial charge < -0.3 is 5.11 Å². The van der Waals surface area contributed by atoms with Crippen molar-refractivity contribution in [1.29, 1.82) is 0 Å². The number of aromatic nitrogens is 2. The number of carbonyl (C=O) groups is 1. The number of ketones is 1. The van der Waals surface area contributed by atoms with Gasteiger partial charge in [-0.15, -0.1) is 0 Å². The second-order valence-corrected chi connectivity index (χ2v) is 6.59. The zero-order valence-corrected chi connectivity index (χ0v) is 15.1. The highest BCUT2D eigenvalue weighted by Crippen LogP contribution is 2.29. The molecule has 7 heteroatoms. The number of hydrogen-bond donors (Lipinski definition) is 2. The molecule has 1 aliphatic carbocycles. The lowest BCUT2D eigenvalue weighted by molar-refractivity contribution is -0.109. The summed E-state index contributed by atoms with van der Waals surface area (Å²) in [5.41, 5.74) is 0.154. The van der Waals surface area contributed by atoms with Gasteiger partial charge in [-0.05, 0) is 41.5 Å². The Morgan fingerprint density at radius 3 is 2.57 bits per heavy atom. The lowest BCUT2D eigenvalue weighted by Gasteiger charge is -2.14. The third-order valence-electron chi connectivity index (χ3n) is 4.41. The van der Waals surface area contributed by atoms with E-state index in [1.807, 2.05) is 12.1 Å². The number of hydrogen-bond acceptors (Lipinski definition) is 4. The van der Waals surface area contributed by atoms with Crippen molar-refractivity contribution >= 4 is 35.1 Å². The number of aromatic amines is 1. The van der Waals surface area contributed by atoms with Gasteiger partial charge in [0.2, 0.25) is 5.88 Å². The van der Waals surface area contributed by atoms with Crippen LogP contribution in [0, 0.1) is 0 Å². The van der Waals surface area contributed by atoms with Gasteiger partial charge in [0.25, 0.3) is 5.56 Å². The maximum atomic E-state index is 12.4. The van der Waals surface area contributed by atoms with Crippen molar-refractivity contribution in [2.45, 2.75) is 0 Å². The summed E-state index contributed by atoms with van der Waals surface area (Å²) >= 11 is 5.97. The normalized spacial score (nSPS) is 14.3. The Kier molecular flexibility index (Phi) is 4.33. The molecule has 0 bridgehead atoms. The van der Waals surface area contributed by atoms with Gasteiger partial charge in [-0.25, -0.2) is 9.36 Å². The quantitative estimate of drug-likeness (QED) is 0.656. The lowest BCUT2D eigenvalue weighted by Crippen LogP contribution is -2.30. The van der Waals surface area contributed by atoms with Crippen LogP contribution in [0.3, 0.4) is 0 Å². The SMILES string of the molecule is O=C1C=Cc2ccccc2C1=Cc1c(O)n(-c2cccc(Cl)c2)c(=O)[nH]c1=O. The number of H-pyrrole nitrogens is 1. The Balaban J connectivity index is 1.97. The number of carbonyl (C=O) groups excluding carboxylic acids is 1. The van der Waals surface area contributed by atoms with Gasteiger partial charge in [0, 0.05) is 10.6 Å². The second-order valence-electron chi connectivity index (χ2n) is 6.15. The van der Waals surface area contributed by atoms with Gasteiger partial charge in [-0.3, -0.25) is 14.6 Å². The van der Waals surface area contributed by atoms with Crippen LogP contribution >= 0.6 is 11.6 Å². The summed E-state index contributed by atoms with van der Waals surface area (Å²) in [6.07, 6.45) is 4.37. The third kappa shape index (κ3) is 3.00. The molecule has 0 aliphatic heterocycles. The molecule has 0 spiro atoms. The zero-order chi connectivity index (χ0) is 19.8. The number of aromatic hydroxyl groups is 1. The van der Waals surface area contributed by atoms with Crippen LogP contribution in [0.2, 0.25) is 5.02 Å². The van der Waals surface area contributed by atoms with Crippen LogP contribution in [0.4, 0.5) is 0 Å². The number of nitrogens with zero attached hydrogens (tertiary/aromatic N) is 1. The highest BCUT2D eigenvalue weighted by atomic mass is 35.5. The van der Waals surface area contributed by atoms with Gasteiger partial charge in [-0.2, -0.15) is 0 Å². The Morgan fingerprint density at radius 1 is 1.00 bits per heavy atom. The number of halogens is 1. The molecular weight excluding hydrogens is 380 g/mol. The molecule has 0 unspecified atom stereocenters. The maximum absolute atomic E-state index is 12.4. The molecule has 2 aromatic carbocycles. The molecule has 0 amide bonds. The maximum Gasteiger partial charge on any atom is 0.335 e. The Hall–Kier alpha value is -3.64. The summed E-state index contributed by atoms with van der Waals surface area (Å²) in [6.45, 7) is 0. The molecule has 2 N–H and O–H groups in total. The molecule has 1 heterocycles. The Labute approximate surface area is 163 Å². The Morgan fingerprint density at radius 2 is 1.79 bits per heavy atom. The lowest BCUT2D eigenvalue weighted by atomic mass is 9.90. The van der Waals surface area contributed by atoms with E-state index in [1.54, 1.807) is 36.4 Å². The van der Waals surface area contributed by atoms with Gasteiger partial charge >= 0.3 is 5.69 Å². The summed E-state index contributed by atoms with van der Waals surface area (Å²) in [7, 11) is 0. The summed E-state index contributed by atoms with van der Waals surface area (Å²) in [4.78, 5) is 39.2. The van der Waals surface area contributed by atoms with Gasteiger partial charge in [0.15, 0.2) is 5.78 Å². The molecule has 0 saturated carbocycles. The van der Waals surface area contributed by atoms with Crippen molar-refractivity contribution in [2.24, 2.45) is 0 Å². The van der Waals surface area contributed by atoms with Crippen molar-refractivity contribution < 1.29 is 9.90 Å².